The highest BCUT2D eigenvalue weighted by Crippen LogP contribution is 2.26. The van der Waals surface area contributed by atoms with Crippen LogP contribution in [0.3, 0.4) is 0 Å². The minimum atomic E-state index is 0.322. The van der Waals surface area contributed by atoms with E-state index in [-0.39, 0.29) is 0 Å². The second-order valence-electron chi connectivity index (χ2n) is 3.26. The van der Waals surface area contributed by atoms with Gasteiger partial charge in [-0.15, -0.1) is 0 Å². The summed E-state index contributed by atoms with van der Waals surface area (Å²) in [4.78, 5) is 7.52. The first-order chi connectivity index (χ1) is 6.69. The second-order valence-corrected chi connectivity index (χ2v) is 3.26. The van der Waals surface area contributed by atoms with Gasteiger partial charge >= 0.3 is 5.88 Å². The third-order valence-electron chi connectivity index (χ3n) is 1.90. The Hall–Kier alpha value is -1.56. The molecule has 1 rings (SSSR count). The Kier molecular flexibility index (Phi) is 3.47. The highest BCUT2D eigenvalue weighted by molar-refractivity contribution is 5.48. The molecule has 0 aromatic carbocycles. The van der Waals surface area contributed by atoms with E-state index in [1.165, 1.54) is 0 Å². The van der Waals surface area contributed by atoms with Crippen LogP contribution in [0.4, 0.5) is 5.82 Å². The van der Waals surface area contributed by atoms with Crippen LogP contribution in [0.15, 0.2) is 12.1 Å². The molecular formula is C11H14N2O. The van der Waals surface area contributed by atoms with Gasteiger partial charge in [0, 0.05) is 6.07 Å². The maximum atomic E-state index is 7.01. The molecule has 1 aromatic heterocycles. The van der Waals surface area contributed by atoms with Crippen LogP contribution in [-0.4, -0.2) is 11.6 Å². The van der Waals surface area contributed by atoms with Gasteiger partial charge in [-0.05, 0) is 18.4 Å². The number of rotatable bonds is 3. The van der Waals surface area contributed by atoms with Crippen molar-refractivity contribution in [1.29, 1.82) is 0 Å². The zero-order valence-corrected chi connectivity index (χ0v) is 8.74. The molecule has 3 heteroatoms. The van der Waals surface area contributed by atoms with Crippen LogP contribution in [0, 0.1) is 6.57 Å². The first-order valence-corrected chi connectivity index (χ1v) is 4.70. The van der Waals surface area contributed by atoms with Gasteiger partial charge in [-0.3, -0.25) is 0 Å². The molecule has 0 aliphatic carbocycles. The Morgan fingerprint density at radius 3 is 2.71 bits per heavy atom. The maximum Gasteiger partial charge on any atom is 0.309 e. The van der Waals surface area contributed by atoms with Gasteiger partial charge in [0.1, 0.15) is 0 Å². The fourth-order valence-corrected chi connectivity index (χ4v) is 1.21. The largest absolute Gasteiger partial charge is 0.461 e. The normalized spacial score (nSPS) is 9.93. The zero-order chi connectivity index (χ0) is 10.6. The van der Waals surface area contributed by atoms with E-state index in [1.807, 2.05) is 32.9 Å². The first kappa shape index (κ1) is 10.5. The molecule has 0 aliphatic rings. The van der Waals surface area contributed by atoms with Crippen molar-refractivity contribution in [2.24, 2.45) is 0 Å². The van der Waals surface area contributed by atoms with Crippen molar-refractivity contribution >= 4 is 5.82 Å². The van der Waals surface area contributed by atoms with E-state index in [0.717, 1.165) is 5.56 Å². The van der Waals surface area contributed by atoms with Crippen LogP contribution in [0.1, 0.15) is 32.3 Å². The number of nitrogens with zero attached hydrogens (tertiary/aromatic N) is 2. The number of aromatic nitrogens is 1. The third-order valence-corrected chi connectivity index (χ3v) is 1.90. The molecular weight excluding hydrogens is 176 g/mol. The van der Waals surface area contributed by atoms with Crippen molar-refractivity contribution < 1.29 is 4.74 Å². The fraction of sp³-hybridized carbons (Fsp3) is 0.455. The summed E-state index contributed by atoms with van der Waals surface area (Å²) in [5, 5.41) is 0. The summed E-state index contributed by atoms with van der Waals surface area (Å²) in [5.74, 6) is 1.30. The molecule has 74 valence electrons. The van der Waals surface area contributed by atoms with Gasteiger partial charge in [-0.1, -0.05) is 31.5 Å². The van der Waals surface area contributed by atoms with E-state index >= 15 is 0 Å². The van der Waals surface area contributed by atoms with Gasteiger partial charge in [-0.25, -0.2) is 0 Å². The molecule has 1 heterocycles. The summed E-state index contributed by atoms with van der Waals surface area (Å²) in [5.41, 5.74) is 0.975. The van der Waals surface area contributed by atoms with Crippen LogP contribution in [0.5, 0.6) is 5.88 Å². The van der Waals surface area contributed by atoms with Crippen LogP contribution >= 0.6 is 0 Å². The molecule has 0 spiro atoms. The Morgan fingerprint density at radius 1 is 1.50 bits per heavy atom. The minimum Gasteiger partial charge on any atom is -0.461 e. The maximum absolute atomic E-state index is 7.01. The van der Waals surface area contributed by atoms with E-state index in [1.54, 1.807) is 0 Å². The molecule has 0 N–H and O–H groups in total. The summed E-state index contributed by atoms with van der Waals surface area (Å²) >= 11 is 0. The van der Waals surface area contributed by atoms with Gasteiger partial charge in [0.05, 0.1) is 6.61 Å². The molecule has 0 saturated heterocycles. The van der Waals surface area contributed by atoms with E-state index < -0.39 is 0 Å². The molecule has 14 heavy (non-hydrogen) atoms. The highest BCUT2D eigenvalue weighted by atomic mass is 16.5. The predicted octanol–water partition coefficient (Wildman–Crippen LogP) is 3.15. The van der Waals surface area contributed by atoms with Crippen molar-refractivity contribution in [3.05, 3.63) is 29.1 Å². The number of ether oxygens (including phenoxy) is 1. The molecule has 0 bridgehead atoms. The highest BCUT2D eigenvalue weighted by Gasteiger charge is 2.10. The molecule has 3 nitrogen and oxygen atoms in total. The van der Waals surface area contributed by atoms with E-state index in [9.17, 15) is 0 Å². The topological polar surface area (TPSA) is 26.5 Å². The summed E-state index contributed by atoms with van der Waals surface area (Å²) in [6.07, 6.45) is 0. The molecule has 0 aliphatic heterocycles. The molecule has 0 amide bonds. The smallest absolute Gasteiger partial charge is 0.309 e. The fourth-order valence-electron chi connectivity index (χ4n) is 1.21. The third kappa shape index (κ3) is 2.23. The molecule has 1 aromatic rings. The lowest BCUT2D eigenvalue weighted by Gasteiger charge is -2.07. The predicted molar refractivity (Wildman–Crippen MR) is 55.8 cm³/mol. The monoisotopic (exact) mass is 190 g/mol. The summed E-state index contributed by atoms with van der Waals surface area (Å²) in [6.45, 7) is 13.6. The number of pyridine rings is 1. The summed E-state index contributed by atoms with van der Waals surface area (Å²) < 4.78 is 5.23. The average Bonchev–Trinajstić information content (AvgIpc) is 2.17. The molecule has 0 saturated carbocycles. The first-order valence-electron chi connectivity index (χ1n) is 4.70. The van der Waals surface area contributed by atoms with Crippen LogP contribution in [0.25, 0.3) is 4.85 Å². The van der Waals surface area contributed by atoms with E-state index in [4.69, 9.17) is 11.3 Å². The lowest BCUT2D eigenvalue weighted by Crippen LogP contribution is -1.96. The number of hydrogen-bond acceptors (Lipinski definition) is 2. The quantitative estimate of drug-likeness (QED) is 0.684. The van der Waals surface area contributed by atoms with Gasteiger partial charge in [0.15, 0.2) is 0 Å². The van der Waals surface area contributed by atoms with Gasteiger partial charge in [0.2, 0.25) is 0 Å². The van der Waals surface area contributed by atoms with Crippen LogP contribution in [0.2, 0.25) is 0 Å². The zero-order valence-electron chi connectivity index (χ0n) is 8.74. The Labute approximate surface area is 84.6 Å². The molecule has 0 atom stereocenters. The Morgan fingerprint density at radius 2 is 2.21 bits per heavy atom. The summed E-state index contributed by atoms with van der Waals surface area (Å²) in [7, 11) is 0. The lowest BCUT2D eigenvalue weighted by molar-refractivity contribution is 0.327. The van der Waals surface area contributed by atoms with Crippen molar-refractivity contribution in [3.63, 3.8) is 0 Å². The van der Waals surface area contributed by atoms with E-state index in [2.05, 4.69) is 9.83 Å². The average molecular weight is 190 g/mol. The van der Waals surface area contributed by atoms with Crippen molar-refractivity contribution in [1.82, 2.24) is 4.98 Å². The Bertz CT molecular complexity index is 353. The van der Waals surface area contributed by atoms with Gasteiger partial charge < -0.3 is 9.58 Å². The van der Waals surface area contributed by atoms with Crippen molar-refractivity contribution in [3.8, 4) is 5.88 Å². The van der Waals surface area contributed by atoms with E-state index in [0.29, 0.717) is 24.2 Å². The van der Waals surface area contributed by atoms with Crippen molar-refractivity contribution in [2.75, 3.05) is 6.61 Å². The Balaban J connectivity index is 3.07. The van der Waals surface area contributed by atoms with Crippen LogP contribution in [-0.2, 0) is 0 Å². The standard InChI is InChI=1S/C11H14N2O/c1-5-14-10-7-6-9(8(2)3)11(12-4)13-10/h6-8H,5H2,1-3H3. The lowest BCUT2D eigenvalue weighted by atomic mass is 10.0. The SMILES string of the molecule is [C-]#[N+]c1nc(OCC)ccc1C(C)C. The molecule has 0 radical (unpaired) electrons. The minimum absolute atomic E-state index is 0.322. The van der Waals surface area contributed by atoms with Gasteiger partial charge in [0.25, 0.3) is 5.82 Å². The summed E-state index contributed by atoms with van der Waals surface area (Å²) in [6, 6.07) is 3.73. The second kappa shape index (κ2) is 4.61. The van der Waals surface area contributed by atoms with Gasteiger partial charge in [-0.2, -0.15) is 0 Å². The molecule has 0 unspecified atom stereocenters. The number of hydrogen-bond donors (Lipinski definition) is 0. The van der Waals surface area contributed by atoms with Crippen LogP contribution < -0.4 is 4.74 Å². The molecule has 0 fully saturated rings. The van der Waals surface area contributed by atoms with Crippen molar-refractivity contribution in [2.45, 2.75) is 26.7 Å².